The van der Waals surface area contributed by atoms with Crippen LogP contribution in [0.25, 0.3) is 0 Å². The minimum absolute atomic E-state index is 0.00198. The van der Waals surface area contributed by atoms with Crippen molar-refractivity contribution < 1.29 is 24.2 Å². The number of carboxylic acid groups (broad SMARTS) is 1. The summed E-state index contributed by atoms with van der Waals surface area (Å²) in [6, 6.07) is 11.3. The van der Waals surface area contributed by atoms with Crippen LogP contribution in [0, 0.1) is 0 Å². The van der Waals surface area contributed by atoms with Crippen molar-refractivity contribution in [2.45, 2.75) is 50.7 Å². The highest BCUT2D eigenvalue weighted by molar-refractivity contribution is 7.16. The van der Waals surface area contributed by atoms with Gasteiger partial charge in [0.25, 0.3) is 5.91 Å². The van der Waals surface area contributed by atoms with Crippen LogP contribution < -0.4 is 10.6 Å². The van der Waals surface area contributed by atoms with Crippen LogP contribution in [0.3, 0.4) is 0 Å². The molecule has 0 radical (unpaired) electrons. The van der Waals surface area contributed by atoms with Crippen molar-refractivity contribution in [3.8, 4) is 0 Å². The summed E-state index contributed by atoms with van der Waals surface area (Å²) in [4.78, 5) is 25.8. The predicted molar refractivity (Wildman–Crippen MR) is 109 cm³/mol. The number of hydrogen-bond acceptors (Lipinski definition) is 6. The lowest BCUT2D eigenvalue weighted by Gasteiger charge is -2.31. The minimum atomic E-state index is -1.92. The first-order valence-corrected chi connectivity index (χ1v) is 10.6. The Hall–Kier alpha value is -2.42. The van der Waals surface area contributed by atoms with Crippen molar-refractivity contribution >= 4 is 28.2 Å². The molecule has 2 aliphatic heterocycles. The average molecular weight is 416 g/mol. The molecule has 1 aromatic carbocycles. The van der Waals surface area contributed by atoms with Crippen LogP contribution in [0.1, 0.15) is 35.3 Å². The SMILES string of the molecule is O=C(O)C1(C(=O)NCc2ccccc2)Cc2cc(NC3CCCCO3)sc2CO1. The number of thiophene rings is 1. The van der Waals surface area contributed by atoms with E-state index in [1.165, 1.54) is 11.3 Å². The molecule has 2 unspecified atom stereocenters. The Kier molecular flexibility index (Phi) is 5.84. The van der Waals surface area contributed by atoms with E-state index in [2.05, 4.69) is 10.6 Å². The lowest BCUT2D eigenvalue weighted by Crippen LogP contribution is -2.57. The van der Waals surface area contributed by atoms with Crippen LogP contribution in [0.15, 0.2) is 36.4 Å². The number of hydrogen-bond donors (Lipinski definition) is 3. The molecule has 0 aliphatic carbocycles. The number of amides is 1. The fourth-order valence-electron chi connectivity index (χ4n) is 3.63. The van der Waals surface area contributed by atoms with E-state index < -0.39 is 17.5 Å². The van der Waals surface area contributed by atoms with Crippen LogP contribution in [0.2, 0.25) is 0 Å². The molecule has 7 nitrogen and oxygen atoms in total. The highest BCUT2D eigenvalue weighted by atomic mass is 32.1. The van der Waals surface area contributed by atoms with Crippen molar-refractivity contribution in [2.24, 2.45) is 0 Å². The van der Waals surface area contributed by atoms with Gasteiger partial charge in [0, 0.05) is 24.4 Å². The summed E-state index contributed by atoms with van der Waals surface area (Å²) in [7, 11) is 0. The number of ether oxygens (including phenoxy) is 2. The van der Waals surface area contributed by atoms with E-state index in [9.17, 15) is 14.7 Å². The summed E-state index contributed by atoms with van der Waals surface area (Å²) in [6.45, 7) is 1.09. The predicted octanol–water partition coefficient (Wildman–Crippen LogP) is 2.90. The van der Waals surface area contributed by atoms with Gasteiger partial charge in [0.2, 0.25) is 5.60 Å². The highest BCUT2D eigenvalue weighted by Gasteiger charge is 2.50. The van der Waals surface area contributed by atoms with Gasteiger partial charge in [0.05, 0.1) is 11.6 Å². The normalized spacial score (nSPS) is 23.8. The van der Waals surface area contributed by atoms with Gasteiger partial charge < -0.3 is 25.2 Å². The molecule has 0 spiro atoms. The Bertz CT molecular complexity index is 878. The topological polar surface area (TPSA) is 96.9 Å². The first kappa shape index (κ1) is 19.9. The largest absolute Gasteiger partial charge is 0.479 e. The first-order chi connectivity index (χ1) is 14.1. The number of carboxylic acids is 1. The maximum Gasteiger partial charge on any atom is 0.346 e. The number of carbonyl (C=O) groups is 2. The second-order valence-corrected chi connectivity index (χ2v) is 8.46. The Morgan fingerprint density at radius 2 is 2.07 bits per heavy atom. The Morgan fingerprint density at radius 3 is 2.79 bits per heavy atom. The fourth-order valence-corrected chi connectivity index (χ4v) is 4.67. The Labute approximate surface area is 173 Å². The highest BCUT2D eigenvalue weighted by Crippen LogP contribution is 2.37. The molecule has 29 heavy (non-hydrogen) atoms. The van der Waals surface area contributed by atoms with Gasteiger partial charge in [-0.25, -0.2) is 4.79 Å². The van der Waals surface area contributed by atoms with Crippen molar-refractivity contribution in [1.82, 2.24) is 5.32 Å². The van der Waals surface area contributed by atoms with Crippen LogP contribution in [-0.2, 0) is 38.6 Å². The third kappa shape index (κ3) is 4.29. The number of aliphatic carboxylic acids is 1. The zero-order valence-electron chi connectivity index (χ0n) is 16.0. The maximum absolute atomic E-state index is 12.8. The molecule has 0 bridgehead atoms. The zero-order chi connectivity index (χ0) is 20.3. The van der Waals surface area contributed by atoms with Crippen LogP contribution in [0.5, 0.6) is 0 Å². The van der Waals surface area contributed by atoms with Crippen molar-refractivity contribution in [1.29, 1.82) is 0 Å². The van der Waals surface area contributed by atoms with E-state index in [0.717, 1.165) is 46.9 Å². The maximum atomic E-state index is 12.8. The van der Waals surface area contributed by atoms with Crippen molar-refractivity contribution in [3.05, 3.63) is 52.4 Å². The number of benzene rings is 1. The van der Waals surface area contributed by atoms with Crippen LogP contribution in [-0.4, -0.2) is 35.4 Å². The molecular formula is C21H24N2O5S. The lowest BCUT2D eigenvalue weighted by molar-refractivity contribution is -0.177. The number of fused-ring (bicyclic) bond motifs is 1. The fraction of sp³-hybridized carbons (Fsp3) is 0.429. The molecule has 154 valence electrons. The monoisotopic (exact) mass is 416 g/mol. The molecule has 1 saturated heterocycles. The number of rotatable bonds is 6. The third-order valence-electron chi connectivity index (χ3n) is 5.28. The molecule has 2 aliphatic rings. The summed E-state index contributed by atoms with van der Waals surface area (Å²) in [5.41, 5.74) is -0.189. The van der Waals surface area contributed by atoms with Crippen LogP contribution in [0.4, 0.5) is 5.00 Å². The van der Waals surface area contributed by atoms with Gasteiger partial charge in [-0.1, -0.05) is 30.3 Å². The third-order valence-corrected chi connectivity index (χ3v) is 6.36. The minimum Gasteiger partial charge on any atom is -0.479 e. The average Bonchev–Trinajstić information content (AvgIpc) is 3.14. The Balaban J connectivity index is 1.46. The summed E-state index contributed by atoms with van der Waals surface area (Å²) in [5.74, 6) is -1.90. The van der Waals surface area contributed by atoms with Crippen LogP contribution >= 0.6 is 11.3 Å². The quantitative estimate of drug-likeness (QED) is 0.627. The molecule has 1 fully saturated rings. The molecular weight excluding hydrogens is 392 g/mol. The zero-order valence-corrected chi connectivity index (χ0v) is 16.8. The number of nitrogens with one attached hydrogen (secondary N) is 2. The van der Waals surface area contributed by atoms with Crippen molar-refractivity contribution in [2.75, 3.05) is 11.9 Å². The second-order valence-electron chi connectivity index (χ2n) is 7.32. The van der Waals surface area contributed by atoms with E-state index in [1.54, 1.807) is 0 Å². The van der Waals surface area contributed by atoms with E-state index in [-0.39, 0.29) is 25.8 Å². The standard InChI is InChI=1S/C21H24N2O5S/c24-19(22-12-14-6-2-1-3-7-14)21(20(25)26)11-15-10-18(29-16(15)13-28-21)23-17-8-4-5-9-27-17/h1-3,6-7,10,17,23H,4-5,8-9,11-13H2,(H,22,24)(H,25,26). The van der Waals surface area contributed by atoms with E-state index >= 15 is 0 Å². The smallest absolute Gasteiger partial charge is 0.346 e. The summed E-state index contributed by atoms with van der Waals surface area (Å²) < 4.78 is 11.4. The summed E-state index contributed by atoms with van der Waals surface area (Å²) >= 11 is 1.52. The van der Waals surface area contributed by atoms with E-state index in [0.29, 0.717) is 0 Å². The second kappa shape index (κ2) is 8.52. The summed E-state index contributed by atoms with van der Waals surface area (Å²) in [5, 5.41) is 16.8. The number of carbonyl (C=O) groups excluding carboxylic acids is 1. The van der Waals surface area contributed by atoms with Gasteiger partial charge in [-0.2, -0.15) is 0 Å². The van der Waals surface area contributed by atoms with Gasteiger partial charge in [0.1, 0.15) is 6.23 Å². The van der Waals surface area contributed by atoms with Gasteiger partial charge >= 0.3 is 5.97 Å². The van der Waals surface area contributed by atoms with Gasteiger partial charge in [-0.15, -0.1) is 11.3 Å². The first-order valence-electron chi connectivity index (χ1n) is 9.76. The van der Waals surface area contributed by atoms with E-state index in [1.807, 2.05) is 36.4 Å². The molecule has 1 amide bonds. The molecule has 8 heteroatoms. The molecule has 3 heterocycles. The molecule has 0 saturated carbocycles. The van der Waals surface area contributed by atoms with Gasteiger partial charge in [-0.3, -0.25) is 4.79 Å². The van der Waals surface area contributed by atoms with Gasteiger partial charge in [-0.05, 0) is 36.5 Å². The van der Waals surface area contributed by atoms with E-state index in [4.69, 9.17) is 9.47 Å². The molecule has 4 rings (SSSR count). The van der Waals surface area contributed by atoms with Crippen molar-refractivity contribution in [3.63, 3.8) is 0 Å². The van der Waals surface area contributed by atoms with Gasteiger partial charge in [0.15, 0.2) is 0 Å². The Morgan fingerprint density at radius 1 is 1.24 bits per heavy atom. The number of anilines is 1. The molecule has 1 aromatic heterocycles. The summed E-state index contributed by atoms with van der Waals surface area (Å²) in [6.07, 6.45) is 3.12. The molecule has 2 atom stereocenters. The molecule has 3 N–H and O–H groups in total. The molecule has 2 aromatic rings. The lowest BCUT2D eigenvalue weighted by atomic mass is 9.91.